The molecule has 9 heteroatoms. The number of aryl methyl sites for hydroxylation is 2. The second-order valence-corrected chi connectivity index (χ2v) is 7.08. The fourth-order valence-electron chi connectivity index (χ4n) is 3.21. The lowest BCUT2D eigenvalue weighted by atomic mass is 10.1. The molecule has 2 aromatic carbocycles. The maximum absolute atomic E-state index is 12.5. The first-order valence-corrected chi connectivity index (χ1v) is 9.77. The van der Waals surface area contributed by atoms with Crippen LogP contribution in [0.1, 0.15) is 11.1 Å². The van der Waals surface area contributed by atoms with E-state index in [1.165, 1.54) is 33.0 Å². The Kier molecular flexibility index (Phi) is 5.63. The summed E-state index contributed by atoms with van der Waals surface area (Å²) in [5.41, 5.74) is 3.40. The van der Waals surface area contributed by atoms with Gasteiger partial charge in [0.25, 0.3) is 5.89 Å². The predicted octanol–water partition coefficient (Wildman–Crippen LogP) is 3.59. The van der Waals surface area contributed by atoms with Crippen molar-refractivity contribution >= 4 is 0 Å². The molecule has 0 amide bonds. The number of hydrogen-bond acceptors (Lipinski definition) is 8. The van der Waals surface area contributed by atoms with Gasteiger partial charge in [0.05, 0.1) is 27.0 Å². The van der Waals surface area contributed by atoms with E-state index >= 15 is 0 Å². The lowest BCUT2D eigenvalue weighted by molar-refractivity contribution is 0.324. The molecule has 2 aromatic heterocycles. The normalized spacial score (nSPS) is 10.8. The first-order valence-electron chi connectivity index (χ1n) is 9.77. The average Bonchev–Trinajstić information content (AvgIpc) is 3.30. The van der Waals surface area contributed by atoms with Crippen LogP contribution in [0.2, 0.25) is 0 Å². The van der Waals surface area contributed by atoms with Crippen molar-refractivity contribution in [3.05, 3.63) is 63.9 Å². The molecule has 0 spiro atoms. The number of benzene rings is 2. The number of aromatic nitrogens is 4. The third-order valence-corrected chi connectivity index (χ3v) is 5.11. The van der Waals surface area contributed by atoms with E-state index in [2.05, 4.69) is 15.2 Å². The van der Waals surface area contributed by atoms with Crippen molar-refractivity contribution in [2.24, 2.45) is 0 Å². The second-order valence-electron chi connectivity index (χ2n) is 7.08. The fourth-order valence-corrected chi connectivity index (χ4v) is 3.21. The van der Waals surface area contributed by atoms with Gasteiger partial charge < -0.3 is 18.7 Å². The summed E-state index contributed by atoms with van der Waals surface area (Å²) >= 11 is 0. The van der Waals surface area contributed by atoms with Gasteiger partial charge in [-0.05, 0) is 49.2 Å². The number of nitrogens with zero attached hydrogens (tertiary/aromatic N) is 4. The summed E-state index contributed by atoms with van der Waals surface area (Å²) in [5.74, 6) is 1.61. The van der Waals surface area contributed by atoms with Gasteiger partial charge in [-0.25, -0.2) is 4.68 Å². The highest BCUT2D eigenvalue weighted by atomic mass is 16.5. The number of hydrogen-bond donors (Lipinski definition) is 0. The van der Waals surface area contributed by atoms with Crippen LogP contribution < -0.4 is 19.6 Å². The van der Waals surface area contributed by atoms with Crippen molar-refractivity contribution in [3.63, 3.8) is 0 Å². The molecule has 4 aromatic rings. The van der Waals surface area contributed by atoms with E-state index in [-0.39, 0.29) is 22.8 Å². The van der Waals surface area contributed by atoms with Crippen molar-refractivity contribution in [1.29, 1.82) is 0 Å². The largest absolute Gasteiger partial charge is 0.493 e. The molecule has 0 atom stereocenters. The zero-order valence-corrected chi connectivity index (χ0v) is 18.4. The summed E-state index contributed by atoms with van der Waals surface area (Å²) in [6, 6.07) is 10.7. The van der Waals surface area contributed by atoms with E-state index in [9.17, 15) is 4.79 Å². The molecule has 0 unspecified atom stereocenters. The van der Waals surface area contributed by atoms with Crippen LogP contribution in [-0.2, 0) is 0 Å². The summed E-state index contributed by atoms with van der Waals surface area (Å²) in [7, 11) is 4.56. The van der Waals surface area contributed by atoms with Gasteiger partial charge in [-0.1, -0.05) is 11.2 Å². The molecule has 0 fully saturated rings. The monoisotopic (exact) mass is 434 g/mol. The lowest BCUT2D eigenvalue weighted by Crippen LogP contribution is -2.12. The van der Waals surface area contributed by atoms with Gasteiger partial charge in [0.2, 0.25) is 17.0 Å². The molecular formula is C23H22N4O5. The molecule has 0 saturated heterocycles. The van der Waals surface area contributed by atoms with Gasteiger partial charge in [0.15, 0.2) is 17.2 Å². The second kappa shape index (κ2) is 8.54. The van der Waals surface area contributed by atoms with E-state index in [4.69, 9.17) is 18.7 Å². The quantitative estimate of drug-likeness (QED) is 0.454. The van der Waals surface area contributed by atoms with Gasteiger partial charge in [-0.15, -0.1) is 0 Å². The first kappa shape index (κ1) is 21.1. The van der Waals surface area contributed by atoms with Crippen molar-refractivity contribution in [2.75, 3.05) is 21.3 Å². The Labute approximate surface area is 184 Å². The first-order chi connectivity index (χ1) is 15.4. The molecular weight excluding hydrogens is 412 g/mol. The highest BCUT2D eigenvalue weighted by molar-refractivity contribution is 5.67. The van der Waals surface area contributed by atoms with Crippen LogP contribution in [-0.4, -0.2) is 41.3 Å². The molecule has 0 aliphatic rings. The Hall–Kier alpha value is -4.14. The van der Waals surface area contributed by atoms with Crippen LogP contribution >= 0.6 is 0 Å². The summed E-state index contributed by atoms with van der Waals surface area (Å²) in [6.07, 6.45) is 1.60. The minimum Gasteiger partial charge on any atom is -0.493 e. The van der Waals surface area contributed by atoms with Gasteiger partial charge in [-0.2, -0.15) is 10.1 Å². The van der Waals surface area contributed by atoms with E-state index < -0.39 is 0 Å². The molecule has 0 aliphatic heterocycles. The summed E-state index contributed by atoms with van der Waals surface area (Å²) in [6.45, 7) is 4.05. The van der Waals surface area contributed by atoms with Crippen molar-refractivity contribution < 1.29 is 18.7 Å². The molecule has 9 nitrogen and oxygen atoms in total. The third-order valence-electron chi connectivity index (χ3n) is 5.11. The molecule has 0 radical (unpaired) electrons. The molecule has 0 bridgehead atoms. The van der Waals surface area contributed by atoms with Crippen LogP contribution in [0.25, 0.3) is 28.7 Å². The fraction of sp³-hybridized carbons (Fsp3) is 0.217. The minimum atomic E-state index is -0.329. The highest BCUT2D eigenvalue weighted by Crippen LogP contribution is 2.40. The molecule has 32 heavy (non-hydrogen) atoms. The van der Waals surface area contributed by atoms with Gasteiger partial charge in [-0.3, -0.25) is 4.79 Å². The molecule has 0 saturated carbocycles. The van der Waals surface area contributed by atoms with Gasteiger partial charge in [0, 0.05) is 17.8 Å². The van der Waals surface area contributed by atoms with Gasteiger partial charge >= 0.3 is 0 Å². The van der Waals surface area contributed by atoms with E-state index in [0.717, 1.165) is 11.3 Å². The molecule has 2 heterocycles. The Morgan fingerprint density at radius 3 is 2.25 bits per heavy atom. The maximum Gasteiger partial charge on any atom is 0.282 e. The van der Waals surface area contributed by atoms with Crippen LogP contribution in [0.5, 0.6) is 17.2 Å². The van der Waals surface area contributed by atoms with E-state index in [1.54, 1.807) is 23.0 Å². The Bertz CT molecular complexity index is 1320. The van der Waals surface area contributed by atoms with Crippen LogP contribution in [0, 0.1) is 13.8 Å². The maximum atomic E-state index is 12.5. The van der Waals surface area contributed by atoms with Gasteiger partial charge in [0.1, 0.15) is 0 Å². The Balaban J connectivity index is 1.76. The van der Waals surface area contributed by atoms with E-state index in [0.29, 0.717) is 22.8 Å². The molecule has 0 N–H and O–H groups in total. The van der Waals surface area contributed by atoms with Crippen molar-refractivity contribution in [2.45, 2.75) is 13.8 Å². The summed E-state index contributed by atoms with van der Waals surface area (Å²) < 4.78 is 23.1. The van der Waals surface area contributed by atoms with Crippen molar-refractivity contribution in [1.82, 2.24) is 19.9 Å². The number of methoxy groups -OCH3 is 3. The van der Waals surface area contributed by atoms with Crippen LogP contribution in [0.4, 0.5) is 0 Å². The standard InChI is InChI=1S/C23H22N4O5/c1-13-6-7-16(10-14(13)2)27-9-8-17(28)20(25-27)23-24-22(26-32-23)15-11-18(29-3)21(31-5)19(12-15)30-4/h6-12H,1-5H3. The smallest absolute Gasteiger partial charge is 0.282 e. The SMILES string of the molecule is COc1cc(-c2noc(-c3nn(-c4ccc(C)c(C)c4)ccc3=O)n2)cc(OC)c1OC. The highest BCUT2D eigenvalue weighted by Gasteiger charge is 2.20. The Morgan fingerprint density at radius 2 is 1.62 bits per heavy atom. The van der Waals surface area contributed by atoms with Crippen molar-refractivity contribution in [3.8, 4) is 45.9 Å². The summed E-state index contributed by atoms with van der Waals surface area (Å²) in [5, 5.41) is 8.44. The zero-order chi connectivity index (χ0) is 22.8. The number of rotatable bonds is 6. The lowest BCUT2D eigenvalue weighted by Gasteiger charge is -2.12. The van der Waals surface area contributed by atoms with Crippen LogP contribution in [0.3, 0.4) is 0 Å². The molecule has 164 valence electrons. The zero-order valence-electron chi connectivity index (χ0n) is 18.4. The minimum absolute atomic E-state index is 0.0111. The Morgan fingerprint density at radius 1 is 0.906 bits per heavy atom. The predicted molar refractivity (Wildman–Crippen MR) is 118 cm³/mol. The average molecular weight is 434 g/mol. The van der Waals surface area contributed by atoms with Crippen LogP contribution in [0.15, 0.2) is 51.9 Å². The molecule has 4 rings (SSSR count). The summed E-state index contributed by atoms with van der Waals surface area (Å²) in [4.78, 5) is 16.9. The number of ether oxygens (including phenoxy) is 3. The molecule has 0 aliphatic carbocycles. The van der Waals surface area contributed by atoms with E-state index in [1.807, 2.05) is 32.0 Å². The topological polar surface area (TPSA) is 102 Å². The third kappa shape index (κ3) is 3.80.